The quantitative estimate of drug-likeness (QED) is 0.500. The van der Waals surface area contributed by atoms with E-state index < -0.39 is 17.7 Å². The zero-order valence-corrected chi connectivity index (χ0v) is 24.7. The highest BCUT2D eigenvalue weighted by Gasteiger charge is 2.56. The van der Waals surface area contributed by atoms with Gasteiger partial charge in [0.2, 0.25) is 5.91 Å². The average Bonchev–Trinajstić information content (AvgIpc) is 3.65. The van der Waals surface area contributed by atoms with Crippen molar-refractivity contribution < 1.29 is 37.3 Å². The third-order valence-electron chi connectivity index (χ3n) is 8.84. The SMILES string of the molecule is CC(n1cc(-c2cccc([C@]3(C)CC(=O)N([C@H]4CCO[C@@H](C)C4)C(N)=N3)c2Cl)nn1)C12CC(CO1)C2.O=C(O)C(F)(F)F. The van der Waals surface area contributed by atoms with E-state index in [-0.39, 0.29) is 42.1 Å². The summed E-state index contributed by atoms with van der Waals surface area (Å²) in [5, 5.41) is 16.5. The molecule has 43 heavy (non-hydrogen) atoms. The Morgan fingerprint density at radius 2 is 2.00 bits per heavy atom. The van der Waals surface area contributed by atoms with E-state index in [1.54, 1.807) is 4.90 Å². The standard InChI is InChI=1S/C26H33ClN6O3.C2HF3O2/c1-15-9-18(7-8-35-15)33-22(34)12-25(3,29-24(33)28)20-6-4-5-19(23(20)27)21-13-32(31-30-21)16(2)26-10-17(11-26)14-36-26;3-2(4,5)1(6)7/h4-6,13,15-18H,7-12,14H2,1-3H3,(H2,28,29);(H,6,7)/t15-,16?,17?,18-,25-,26?;/m0./s1. The number of alkyl halides is 3. The number of carboxylic acid groups (broad SMARTS) is 1. The van der Waals surface area contributed by atoms with Gasteiger partial charge in [-0.15, -0.1) is 5.10 Å². The molecule has 1 unspecified atom stereocenters. The molecule has 1 amide bonds. The number of aliphatic imine (C=N–C) groups is 1. The second-order valence-electron chi connectivity index (χ2n) is 11.9. The van der Waals surface area contributed by atoms with Crippen LogP contribution in [-0.4, -0.2) is 80.0 Å². The Labute approximate surface area is 251 Å². The molecule has 1 aromatic heterocycles. The monoisotopic (exact) mass is 626 g/mol. The maximum absolute atomic E-state index is 13.3. The van der Waals surface area contributed by atoms with Crippen molar-refractivity contribution in [3.05, 3.63) is 35.0 Å². The van der Waals surface area contributed by atoms with Gasteiger partial charge in [0.15, 0.2) is 5.96 Å². The summed E-state index contributed by atoms with van der Waals surface area (Å²) in [6, 6.07) is 5.85. The van der Waals surface area contributed by atoms with Crippen LogP contribution in [0.3, 0.4) is 0 Å². The molecule has 2 aromatic rings. The fraction of sp³-hybridized carbons (Fsp3) is 0.607. The molecule has 1 aliphatic carbocycles. The number of carboxylic acids is 1. The molecule has 2 bridgehead atoms. The van der Waals surface area contributed by atoms with Crippen molar-refractivity contribution >= 4 is 29.4 Å². The van der Waals surface area contributed by atoms with Crippen molar-refractivity contribution in [1.29, 1.82) is 0 Å². The van der Waals surface area contributed by atoms with Gasteiger partial charge in [-0.2, -0.15) is 13.2 Å². The van der Waals surface area contributed by atoms with Crippen LogP contribution in [0.4, 0.5) is 13.2 Å². The van der Waals surface area contributed by atoms with Gasteiger partial charge in [-0.1, -0.05) is 35.0 Å². The smallest absolute Gasteiger partial charge is 0.475 e. The number of hydrogen-bond acceptors (Lipinski definition) is 8. The molecule has 11 nitrogen and oxygen atoms in total. The number of halogens is 4. The predicted octanol–water partition coefficient (Wildman–Crippen LogP) is 4.30. The third-order valence-corrected chi connectivity index (χ3v) is 9.24. The molecule has 5 aliphatic rings. The molecule has 4 aliphatic heterocycles. The van der Waals surface area contributed by atoms with Crippen LogP contribution >= 0.6 is 11.6 Å². The van der Waals surface area contributed by atoms with Crippen LogP contribution in [0.25, 0.3) is 11.3 Å². The number of benzene rings is 1. The first kappa shape index (κ1) is 31.2. The van der Waals surface area contributed by atoms with Crippen molar-refractivity contribution in [2.24, 2.45) is 16.6 Å². The van der Waals surface area contributed by atoms with Gasteiger partial charge in [0.25, 0.3) is 0 Å². The number of rotatable bonds is 5. The molecule has 0 spiro atoms. The number of aromatic nitrogens is 3. The summed E-state index contributed by atoms with van der Waals surface area (Å²) in [5.74, 6) is -1.88. The summed E-state index contributed by atoms with van der Waals surface area (Å²) in [4.78, 5) is 28.7. The first-order chi connectivity index (χ1) is 20.1. The molecular formula is C28H34ClF3N6O5. The molecule has 7 rings (SSSR count). The van der Waals surface area contributed by atoms with Crippen LogP contribution in [0.2, 0.25) is 5.02 Å². The van der Waals surface area contributed by atoms with Gasteiger partial charge in [0.1, 0.15) is 5.69 Å². The van der Waals surface area contributed by atoms with E-state index in [2.05, 4.69) is 17.2 Å². The van der Waals surface area contributed by atoms with E-state index in [9.17, 15) is 18.0 Å². The van der Waals surface area contributed by atoms with E-state index in [4.69, 9.17) is 41.7 Å². The molecule has 1 saturated carbocycles. The van der Waals surface area contributed by atoms with Gasteiger partial charge in [0.05, 0.1) is 47.5 Å². The van der Waals surface area contributed by atoms with Crippen molar-refractivity contribution in [2.75, 3.05) is 13.2 Å². The Kier molecular flexibility index (Phi) is 8.24. The number of carbonyl (C=O) groups excluding carboxylic acids is 1. The number of fused-ring (bicyclic) bond motifs is 1. The van der Waals surface area contributed by atoms with E-state index in [0.717, 1.165) is 43.4 Å². The van der Waals surface area contributed by atoms with E-state index in [1.807, 2.05) is 42.9 Å². The normalized spacial score (nSPS) is 31.0. The Hall–Kier alpha value is -3.23. The summed E-state index contributed by atoms with van der Waals surface area (Å²) in [6.07, 6.45) is 0.776. The van der Waals surface area contributed by atoms with E-state index >= 15 is 0 Å². The van der Waals surface area contributed by atoms with E-state index in [1.165, 1.54) is 0 Å². The summed E-state index contributed by atoms with van der Waals surface area (Å²) in [5.41, 5.74) is 7.59. The molecule has 4 fully saturated rings. The minimum absolute atomic E-state index is 0.00245. The molecule has 4 atom stereocenters. The lowest BCUT2D eigenvalue weighted by atomic mass is 9.71. The minimum Gasteiger partial charge on any atom is -0.475 e. The van der Waals surface area contributed by atoms with Gasteiger partial charge < -0.3 is 20.3 Å². The van der Waals surface area contributed by atoms with Gasteiger partial charge in [-0.3, -0.25) is 9.69 Å². The lowest BCUT2D eigenvalue weighted by Gasteiger charge is -2.41. The van der Waals surface area contributed by atoms with Crippen LogP contribution in [0.15, 0.2) is 29.4 Å². The maximum atomic E-state index is 13.3. The van der Waals surface area contributed by atoms with Crippen molar-refractivity contribution in [1.82, 2.24) is 19.9 Å². The molecule has 0 radical (unpaired) electrons. The number of nitrogens with two attached hydrogens (primary N) is 1. The zero-order chi connectivity index (χ0) is 31.3. The fourth-order valence-electron chi connectivity index (χ4n) is 6.48. The first-order valence-corrected chi connectivity index (χ1v) is 14.5. The van der Waals surface area contributed by atoms with Crippen LogP contribution in [0.1, 0.15) is 64.5 Å². The molecule has 1 aromatic carbocycles. The second-order valence-corrected chi connectivity index (χ2v) is 12.3. The second kappa shape index (κ2) is 11.4. The highest BCUT2D eigenvalue weighted by atomic mass is 35.5. The summed E-state index contributed by atoms with van der Waals surface area (Å²) in [7, 11) is 0. The Balaban J connectivity index is 0.000000472. The topological polar surface area (TPSA) is 145 Å². The highest BCUT2D eigenvalue weighted by molar-refractivity contribution is 6.34. The van der Waals surface area contributed by atoms with Gasteiger partial charge in [-0.25, -0.2) is 14.5 Å². The zero-order valence-electron chi connectivity index (χ0n) is 24.0. The number of nitrogens with zero attached hydrogens (tertiary/aromatic N) is 5. The lowest BCUT2D eigenvalue weighted by molar-refractivity contribution is -0.192. The summed E-state index contributed by atoms with van der Waals surface area (Å²) in [6.45, 7) is 7.51. The first-order valence-electron chi connectivity index (χ1n) is 14.1. The van der Waals surface area contributed by atoms with Crippen molar-refractivity contribution in [3.63, 3.8) is 0 Å². The molecule has 3 saturated heterocycles. The molecule has 3 N–H and O–H groups in total. The number of guanidine groups is 1. The third kappa shape index (κ3) is 5.96. The van der Waals surface area contributed by atoms with Gasteiger partial charge >= 0.3 is 12.1 Å². The number of ether oxygens (including phenoxy) is 2. The molecule has 15 heteroatoms. The summed E-state index contributed by atoms with van der Waals surface area (Å²) >= 11 is 6.96. The van der Waals surface area contributed by atoms with Gasteiger partial charge in [-0.05, 0) is 57.9 Å². The average molecular weight is 627 g/mol. The fourth-order valence-corrected chi connectivity index (χ4v) is 6.91. The van der Waals surface area contributed by atoms with E-state index in [0.29, 0.717) is 23.2 Å². The maximum Gasteiger partial charge on any atom is 0.490 e. The number of hydrogen-bond donors (Lipinski definition) is 2. The lowest BCUT2D eigenvalue weighted by Crippen LogP contribution is -2.56. The largest absolute Gasteiger partial charge is 0.490 e. The van der Waals surface area contributed by atoms with Crippen LogP contribution in [0.5, 0.6) is 0 Å². The molecule has 234 valence electrons. The Morgan fingerprint density at radius 1 is 1.30 bits per heavy atom. The molecular weight excluding hydrogens is 593 g/mol. The van der Waals surface area contributed by atoms with Crippen LogP contribution < -0.4 is 5.73 Å². The van der Waals surface area contributed by atoms with Crippen molar-refractivity contribution in [2.45, 2.75) is 88.4 Å². The Bertz CT molecular complexity index is 1420. The van der Waals surface area contributed by atoms with Gasteiger partial charge in [0, 0.05) is 18.2 Å². The summed E-state index contributed by atoms with van der Waals surface area (Å²) < 4.78 is 45.3. The minimum atomic E-state index is -5.08. The van der Waals surface area contributed by atoms with Crippen molar-refractivity contribution in [3.8, 4) is 11.3 Å². The number of aliphatic carboxylic acids is 1. The van der Waals surface area contributed by atoms with Crippen LogP contribution in [-0.2, 0) is 24.6 Å². The Morgan fingerprint density at radius 3 is 2.58 bits per heavy atom. The van der Waals surface area contributed by atoms with Crippen LogP contribution in [0, 0.1) is 5.92 Å². The number of amides is 1. The number of carbonyl (C=O) groups is 2. The predicted molar refractivity (Wildman–Crippen MR) is 149 cm³/mol. The highest BCUT2D eigenvalue weighted by Crippen LogP contribution is 2.54. The molecule has 5 heterocycles.